The summed E-state index contributed by atoms with van der Waals surface area (Å²) in [6.07, 6.45) is 27.3. The fourth-order valence-corrected chi connectivity index (χ4v) is 5.31. The maximum atomic E-state index is 12.0. The average Bonchev–Trinajstić information content (AvgIpc) is 2.98. The Morgan fingerprint density at radius 2 is 1.19 bits per heavy atom. The normalized spacial score (nSPS) is 13.7. The molecule has 3 N–H and O–H groups in total. The number of rotatable bonds is 32. The van der Waals surface area contributed by atoms with Crippen LogP contribution in [0.2, 0.25) is 0 Å². The third-order valence-corrected chi connectivity index (χ3v) is 8.18. The summed E-state index contributed by atoms with van der Waals surface area (Å²) in [6, 6.07) is 0. The Morgan fingerprint density at radius 3 is 1.74 bits per heavy atom. The molecule has 254 valence electrons. The first-order valence-corrected chi connectivity index (χ1v) is 18.7. The molecular formula is C33H64NO8P. The van der Waals surface area contributed by atoms with Gasteiger partial charge in [0.15, 0.2) is 0 Å². The molecule has 0 fully saturated rings. The molecule has 0 aromatic heterocycles. The zero-order valence-corrected chi connectivity index (χ0v) is 28.3. The molecular weight excluding hydrogens is 569 g/mol. The van der Waals surface area contributed by atoms with E-state index in [0.29, 0.717) is 6.42 Å². The lowest BCUT2D eigenvalue weighted by atomic mass is 10.1. The fraction of sp³-hybridized carbons (Fsp3) is 0.879. The summed E-state index contributed by atoms with van der Waals surface area (Å²) in [5.41, 5.74) is 0. The van der Waals surface area contributed by atoms with Crippen molar-refractivity contribution < 1.29 is 37.9 Å². The lowest BCUT2D eigenvalue weighted by Crippen LogP contribution is -2.27. The number of unbranched alkanes of at least 4 members (excludes halogenated alkanes) is 17. The first-order chi connectivity index (χ1) is 20.8. The Kier molecular flexibility index (Phi) is 29.9. The number of carbonyl (C=O) groups is 2. The smallest absolute Gasteiger partial charge is 0.463 e. The Morgan fingerprint density at radius 1 is 0.698 bits per heavy atom. The number of hydrogen-bond donors (Lipinski definition) is 3. The molecule has 43 heavy (non-hydrogen) atoms. The van der Waals surface area contributed by atoms with Crippen LogP contribution in [0.15, 0.2) is 12.2 Å². The number of hydrogen-bond acceptors (Lipinski definition) is 7. The van der Waals surface area contributed by atoms with Gasteiger partial charge < -0.3 is 20.1 Å². The molecule has 0 heterocycles. The monoisotopic (exact) mass is 633 g/mol. The summed E-state index contributed by atoms with van der Waals surface area (Å²) in [6.45, 7) is 3.47. The van der Waals surface area contributed by atoms with Crippen molar-refractivity contribution in [3.63, 3.8) is 0 Å². The van der Waals surface area contributed by atoms with E-state index in [1.165, 1.54) is 83.5 Å². The van der Waals surface area contributed by atoms with Gasteiger partial charge >= 0.3 is 13.8 Å². The van der Waals surface area contributed by atoms with Crippen LogP contribution in [0.4, 0.5) is 0 Å². The predicted molar refractivity (Wildman–Crippen MR) is 174 cm³/mol. The van der Waals surface area contributed by atoms with Crippen molar-refractivity contribution in [3.8, 4) is 0 Å². The lowest BCUT2D eigenvalue weighted by molar-refractivity contribution is -0.147. The number of amides is 1. The highest BCUT2D eigenvalue weighted by molar-refractivity contribution is 7.47. The summed E-state index contributed by atoms with van der Waals surface area (Å²) in [4.78, 5) is 33.5. The summed E-state index contributed by atoms with van der Waals surface area (Å²) >= 11 is 0. The van der Waals surface area contributed by atoms with Gasteiger partial charge in [-0.2, -0.15) is 0 Å². The number of aliphatic hydroxyl groups excluding tert-OH is 1. The molecule has 9 nitrogen and oxygen atoms in total. The first-order valence-electron chi connectivity index (χ1n) is 17.2. The first kappa shape index (κ1) is 41.8. The number of allylic oxidation sites excluding steroid dienone is 2. The molecule has 0 saturated carbocycles. The van der Waals surface area contributed by atoms with Gasteiger partial charge in [-0.1, -0.05) is 116 Å². The van der Waals surface area contributed by atoms with E-state index < -0.39 is 26.5 Å². The van der Waals surface area contributed by atoms with Gasteiger partial charge in [0, 0.05) is 19.4 Å². The van der Waals surface area contributed by atoms with Crippen LogP contribution in [-0.4, -0.2) is 54.3 Å². The number of carbonyl (C=O) groups excluding carboxylic acids is 2. The molecule has 1 amide bonds. The van der Waals surface area contributed by atoms with E-state index in [1.54, 1.807) is 0 Å². The van der Waals surface area contributed by atoms with E-state index in [4.69, 9.17) is 13.8 Å². The quantitative estimate of drug-likeness (QED) is 0.0292. The number of esters is 1. The van der Waals surface area contributed by atoms with Crippen LogP contribution in [0, 0.1) is 0 Å². The second-order valence-electron chi connectivity index (χ2n) is 11.5. The highest BCUT2D eigenvalue weighted by Crippen LogP contribution is 2.42. The molecule has 2 atom stereocenters. The second-order valence-corrected chi connectivity index (χ2v) is 12.9. The van der Waals surface area contributed by atoms with Gasteiger partial charge in [-0.25, -0.2) is 4.57 Å². The second kappa shape index (κ2) is 30.8. The van der Waals surface area contributed by atoms with Crippen molar-refractivity contribution in [2.45, 2.75) is 161 Å². The SMILES string of the molecule is CCCCCCCC/C=C\CCCCCCCC(=O)NCCOP(=O)(O)OCC(O)COC(=O)CCCCCCCCC. The molecule has 0 aromatic rings. The van der Waals surface area contributed by atoms with Gasteiger partial charge in [-0.3, -0.25) is 18.6 Å². The third kappa shape index (κ3) is 32.0. The predicted octanol–water partition coefficient (Wildman–Crippen LogP) is 8.32. The summed E-state index contributed by atoms with van der Waals surface area (Å²) in [5, 5.41) is 12.5. The largest absolute Gasteiger partial charge is 0.472 e. The molecule has 0 aliphatic rings. The van der Waals surface area contributed by atoms with Crippen LogP contribution in [-0.2, 0) is 27.9 Å². The number of aliphatic hydroxyl groups is 1. The maximum Gasteiger partial charge on any atom is 0.472 e. The minimum absolute atomic E-state index is 0.0799. The van der Waals surface area contributed by atoms with E-state index in [2.05, 4.69) is 31.3 Å². The molecule has 0 aromatic carbocycles. The molecule has 0 radical (unpaired) electrons. The number of nitrogens with one attached hydrogen (secondary N) is 1. The van der Waals surface area contributed by atoms with Crippen molar-refractivity contribution in [2.75, 3.05) is 26.4 Å². The van der Waals surface area contributed by atoms with Gasteiger partial charge in [-0.15, -0.1) is 0 Å². The van der Waals surface area contributed by atoms with Crippen molar-refractivity contribution >= 4 is 19.7 Å². The van der Waals surface area contributed by atoms with Crippen LogP contribution in [0.1, 0.15) is 155 Å². The van der Waals surface area contributed by atoms with E-state index >= 15 is 0 Å². The molecule has 0 aliphatic heterocycles. The van der Waals surface area contributed by atoms with Crippen molar-refractivity contribution in [2.24, 2.45) is 0 Å². The summed E-state index contributed by atoms with van der Waals surface area (Å²) in [5.74, 6) is -0.530. The van der Waals surface area contributed by atoms with E-state index in [9.17, 15) is 24.2 Å². The van der Waals surface area contributed by atoms with Crippen LogP contribution < -0.4 is 5.32 Å². The minimum Gasteiger partial charge on any atom is -0.463 e. The Labute approximate surface area is 262 Å². The summed E-state index contributed by atoms with van der Waals surface area (Å²) < 4.78 is 26.6. The van der Waals surface area contributed by atoms with Gasteiger partial charge in [0.25, 0.3) is 0 Å². The number of phosphoric ester groups is 1. The zero-order valence-electron chi connectivity index (χ0n) is 27.4. The zero-order chi connectivity index (χ0) is 31.9. The van der Waals surface area contributed by atoms with Gasteiger partial charge in [-0.05, 0) is 38.5 Å². The van der Waals surface area contributed by atoms with Crippen LogP contribution in [0.3, 0.4) is 0 Å². The van der Waals surface area contributed by atoms with Crippen molar-refractivity contribution in [1.29, 1.82) is 0 Å². The van der Waals surface area contributed by atoms with E-state index in [0.717, 1.165) is 44.9 Å². The molecule has 2 unspecified atom stereocenters. The minimum atomic E-state index is -4.40. The van der Waals surface area contributed by atoms with E-state index in [1.807, 2.05) is 0 Å². The standard InChI is InChI=1S/C33H64NO8P/c1-3-5-7-9-11-12-13-14-15-16-17-18-20-21-23-25-32(36)34-27-28-41-43(38,39)42-30-31(35)29-40-33(37)26-24-22-19-10-8-6-4-2/h14-15,31,35H,3-13,16-30H2,1-2H3,(H,34,36)(H,38,39)/b15-14-. The Balaban J connectivity index is 3.63. The van der Waals surface area contributed by atoms with E-state index in [-0.39, 0.29) is 32.1 Å². The Hall–Kier alpha value is -1.25. The highest BCUT2D eigenvalue weighted by Gasteiger charge is 2.23. The molecule has 10 heteroatoms. The average molecular weight is 634 g/mol. The van der Waals surface area contributed by atoms with Gasteiger partial charge in [0.2, 0.25) is 5.91 Å². The van der Waals surface area contributed by atoms with Crippen LogP contribution >= 0.6 is 7.82 Å². The number of phosphoric acid groups is 1. The maximum absolute atomic E-state index is 12.0. The van der Waals surface area contributed by atoms with Crippen LogP contribution in [0.5, 0.6) is 0 Å². The summed E-state index contributed by atoms with van der Waals surface area (Å²) in [7, 11) is -4.40. The molecule has 0 saturated heterocycles. The van der Waals surface area contributed by atoms with Gasteiger partial charge in [0.05, 0.1) is 13.2 Å². The van der Waals surface area contributed by atoms with Crippen LogP contribution in [0.25, 0.3) is 0 Å². The van der Waals surface area contributed by atoms with Crippen molar-refractivity contribution in [1.82, 2.24) is 5.32 Å². The number of ether oxygens (including phenoxy) is 1. The van der Waals surface area contributed by atoms with Gasteiger partial charge in [0.1, 0.15) is 12.7 Å². The highest BCUT2D eigenvalue weighted by atomic mass is 31.2. The Bertz CT molecular complexity index is 734. The van der Waals surface area contributed by atoms with Crippen molar-refractivity contribution in [3.05, 3.63) is 12.2 Å². The third-order valence-electron chi connectivity index (χ3n) is 7.20. The molecule has 0 aliphatic carbocycles. The molecule has 0 bridgehead atoms. The fourth-order valence-electron chi connectivity index (χ4n) is 4.55. The molecule has 0 spiro atoms. The molecule has 0 rings (SSSR count). The topological polar surface area (TPSA) is 131 Å². The lowest BCUT2D eigenvalue weighted by Gasteiger charge is -2.15.